The van der Waals surface area contributed by atoms with Gasteiger partial charge in [0.15, 0.2) is 0 Å². The Morgan fingerprint density at radius 2 is 1.36 bits per heavy atom. The normalized spacial score (nSPS) is 15.5. The number of carbonyl (C=O) groups excluding carboxylic acids is 4. The number of phenolic OH excluding ortho intramolecular Hbond substituents is 2. The Bertz CT molecular complexity index is 2540. The number of likely N-dealkylation sites (tertiary alicyclic amines) is 1. The third-order valence-electron chi connectivity index (χ3n) is 11.9. The highest BCUT2D eigenvalue weighted by Crippen LogP contribution is 2.36. The molecule has 15 nitrogen and oxygen atoms in total. The Hall–Kier alpha value is -6.59. The first-order valence-corrected chi connectivity index (χ1v) is 24.5. The van der Waals surface area contributed by atoms with E-state index in [1.807, 2.05) is 106 Å². The Kier molecular flexibility index (Phi) is 19.1. The van der Waals surface area contributed by atoms with Gasteiger partial charge in [-0.1, -0.05) is 88.4 Å². The van der Waals surface area contributed by atoms with Gasteiger partial charge in [0.1, 0.15) is 35.9 Å². The quantitative estimate of drug-likeness (QED) is 0.0290. The van der Waals surface area contributed by atoms with Crippen LogP contribution in [0.5, 0.6) is 17.2 Å². The fourth-order valence-electron chi connectivity index (χ4n) is 8.16. The highest BCUT2D eigenvalue weighted by atomic mass is 32.1. The molecule has 6 N–H and O–H groups in total. The van der Waals surface area contributed by atoms with Gasteiger partial charge >= 0.3 is 0 Å². The first-order valence-electron chi connectivity index (χ1n) is 23.6. The second kappa shape index (κ2) is 25.3. The molecule has 70 heavy (non-hydrogen) atoms. The van der Waals surface area contributed by atoms with Crippen LogP contribution in [0.25, 0.3) is 21.6 Å². The zero-order valence-electron chi connectivity index (χ0n) is 40.5. The average Bonchev–Trinajstić information content (AvgIpc) is 3.97. The standard InChI is InChI=1S/C54H65N5O10S/c1-6-45(37-11-17-41(60)18-12-37)49(38-13-19-42(61)20-14-38)39-15-21-44(22-16-39)69-28-25-55-47(63)23-26-67-29-30-68-27-24-48(64)58-51(54(3,4)5)53(66)59-33-43(62)31-46(59)52(65)56-32-36-7-9-40(10-8-36)50-35(2)57-34-70-50/h7-22,34,43,46,51,60-62H,6,23-33H2,1-5H3,(H,55,63)(H,56,65)(H,58,64)/t43-,46+,51-/m1/s1. The van der Waals surface area contributed by atoms with Gasteiger partial charge in [-0.05, 0) is 94.1 Å². The van der Waals surface area contributed by atoms with E-state index in [0.29, 0.717) is 12.3 Å². The molecule has 4 amide bonds. The fourth-order valence-corrected chi connectivity index (χ4v) is 8.97. The zero-order valence-corrected chi connectivity index (χ0v) is 41.4. The summed E-state index contributed by atoms with van der Waals surface area (Å²) in [5, 5.41) is 38.9. The van der Waals surface area contributed by atoms with Crippen molar-refractivity contribution >= 4 is 46.1 Å². The number of benzene rings is 4. The lowest BCUT2D eigenvalue weighted by Gasteiger charge is -2.35. The number of aliphatic hydroxyl groups is 1. The van der Waals surface area contributed by atoms with E-state index in [2.05, 4.69) is 27.9 Å². The van der Waals surface area contributed by atoms with E-state index < -0.39 is 35.4 Å². The van der Waals surface area contributed by atoms with Crippen molar-refractivity contribution in [3.8, 4) is 27.7 Å². The lowest BCUT2D eigenvalue weighted by atomic mass is 9.85. The molecule has 2 heterocycles. The number of allylic oxidation sites excluding steroid dienone is 1. The largest absolute Gasteiger partial charge is 0.508 e. The van der Waals surface area contributed by atoms with E-state index in [0.717, 1.165) is 56.0 Å². The van der Waals surface area contributed by atoms with Gasteiger partial charge in [-0.25, -0.2) is 4.98 Å². The van der Waals surface area contributed by atoms with Gasteiger partial charge in [0, 0.05) is 32.4 Å². The Morgan fingerprint density at radius 3 is 1.93 bits per heavy atom. The molecular weight excluding hydrogens is 911 g/mol. The first-order chi connectivity index (χ1) is 33.6. The van der Waals surface area contributed by atoms with E-state index in [9.17, 15) is 34.5 Å². The third-order valence-corrected chi connectivity index (χ3v) is 12.9. The van der Waals surface area contributed by atoms with Crippen LogP contribution in [0.2, 0.25) is 0 Å². The topological polar surface area (TPSA) is 209 Å². The van der Waals surface area contributed by atoms with Crippen LogP contribution in [0.3, 0.4) is 0 Å². The molecule has 0 saturated carbocycles. The molecule has 1 fully saturated rings. The summed E-state index contributed by atoms with van der Waals surface area (Å²) in [4.78, 5) is 59.6. The number of aromatic nitrogens is 1. The number of ether oxygens (including phenoxy) is 3. The highest BCUT2D eigenvalue weighted by Gasteiger charge is 2.44. The highest BCUT2D eigenvalue weighted by molar-refractivity contribution is 7.13. The summed E-state index contributed by atoms with van der Waals surface area (Å²) in [5.74, 6) is -0.391. The number of carbonyl (C=O) groups is 4. The molecule has 1 aromatic heterocycles. The lowest BCUT2D eigenvalue weighted by molar-refractivity contribution is -0.144. The minimum atomic E-state index is -0.955. The number of nitrogens with one attached hydrogen (secondary N) is 3. The molecule has 4 aromatic carbocycles. The van der Waals surface area contributed by atoms with Crippen LogP contribution in [0.4, 0.5) is 0 Å². The molecule has 0 bridgehead atoms. The number of aryl methyl sites for hydroxylation is 1. The minimum absolute atomic E-state index is 0.0128. The van der Waals surface area contributed by atoms with Gasteiger partial charge in [0.25, 0.3) is 0 Å². The maximum Gasteiger partial charge on any atom is 0.246 e. The molecule has 0 radical (unpaired) electrons. The number of rotatable bonds is 23. The number of phenols is 2. The smallest absolute Gasteiger partial charge is 0.246 e. The molecule has 6 rings (SSSR count). The molecule has 5 aromatic rings. The number of thiazole rings is 1. The van der Waals surface area contributed by atoms with E-state index >= 15 is 0 Å². The van der Waals surface area contributed by atoms with Crippen molar-refractivity contribution in [3.63, 3.8) is 0 Å². The molecule has 0 aliphatic carbocycles. The van der Waals surface area contributed by atoms with Gasteiger partial charge in [-0.3, -0.25) is 19.2 Å². The number of aromatic hydroxyl groups is 2. The summed E-state index contributed by atoms with van der Waals surface area (Å²) in [6.45, 7) is 11.0. The number of aliphatic hydroxyl groups excluding tert-OH is 1. The summed E-state index contributed by atoms with van der Waals surface area (Å²) in [7, 11) is 0. The molecular formula is C54H65N5O10S. The van der Waals surface area contributed by atoms with Crippen LogP contribution in [-0.4, -0.2) is 113 Å². The van der Waals surface area contributed by atoms with Gasteiger partial charge in [-0.15, -0.1) is 11.3 Å². The van der Waals surface area contributed by atoms with E-state index in [-0.39, 0.29) is 88.7 Å². The molecule has 372 valence electrons. The van der Waals surface area contributed by atoms with E-state index in [1.54, 1.807) is 35.6 Å². The van der Waals surface area contributed by atoms with Gasteiger partial charge in [0.05, 0.1) is 55.2 Å². The molecule has 1 aliphatic rings. The van der Waals surface area contributed by atoms with Crippen LogP contribution < -0.4 is 20.7 Å². The van der Waals surface area contributed by atoms with Gasteiger partial charge in [-0.2, -0.15) is 0 Å². The van der Waals surface area contributed by atoms with Crippen LogP contribution >= 0.6 is 11.3 Å². The number of hydrogen-bond acceptors (Lipinski definition) is 12. The summed E-state index contributed by atoms with van der Waals surface area (Å²) in [6.07, 6.45) is 0.0750. The molecule has 1 saturated heterocycles. The molecule has 0 spiro atoms. The van der Waals surface area contributed by atoms with Crippen LogP contribution in [0, 0.1) is 12.3 Å². The van der Waals surface area contributed by atoms with Crippen molar-refractivity contribution in [1.29, 1.82) is 0 Å². The monoisotopic (exact) mass is 975 g/mol. The number of hydrogen-bond donors (Lipinski definition) is 6. The lowest BCUT2D eigenvalue weighted by Crippen LogP contribution is -2.57. The maximum atomic E-state index is 14.0. The minimum Gasteiger partial charge on any atom is -0.508 e. The van der Waals surface area contributed by atoms with Crippen molar-refractivity contribution < 1.29 is 48.7 Å². The number of amides is 4. The van der Waals surface area contributed by atoms with Crippen molar-refractivity contribution in [2.45, 2.75) is 85.0 Å². The third kappa shape index (κ3) is 15.0. The summed E-state index contributed by atoms with van der Waals surface area (Å²) < 4.78 is 17.1. The van der Waals surface area contributed by atoms with Crippen molar-refractivity contribution in [2.24, 2.45) is 5.41 Å². The van der Waals surface area contributed by atoms with Crippen LogP contribution in [-0.2, 0) is 35.2 Å². The van der Waals surface area contributed by atoms with Gasteiger partial charge in [0.2, 0.25) is 23.6 Å². The van der Waals surface area contributed by atoms with Gasteiger partial charge < -0.3 is 50.4 Å². The zero-order chi connectivity index (χ0) is 50.2. The average molecular weight is 976 g/mol. The Labute approximate surface area is 413 Å². The Balaban J connectivity index is 0.859. The SMILES string of the molecule is CCC(=C(c1ccc(O)cc1)c1ccc(OCCNC(=O)CCOCCOCCC(=O)N[C@H](C(=O)N2C[C@H](O)C[C@H]2C(=O)NCc2ccc(-c3scnc3C)cc2)C(C)(C)C)cc1)c1ccc(O)cc1. The van der Waals surface area contributed by atoms with E-state index in [4.69, 9.17) is 14.2 Å². The molecule has 1 aliphatic heterocycles. The molecule has 3 atom stereocenters. The van der Waals surface area contributed by atoms with E-state index in [1.165, 1.54) is 4.90 Å². The predicted octanol–water partition coefficient (Wildman–Crippen LogP) is 7.02. The fraction of sp³-hybridized carbons (Fsp3) is 0.389. The molecule has 0 unspecified atom stereocenters. The predicted molar refractivity (Wildman–Crippen MR) is 270 cm³/mol. The molecule has 16 heteroatoms. The Morgan fingerprint density at radius 1 is 0.771 bits per heavy atom. The number of nitrogens with zero attached hydrogens (tertiary/aromatic N) is 2. The number of β-amino-alcohol motifs (C(OH)–C–C–N with tert-alkyl or cyclic N) is 1. The second-order valence-corrected chi connectivity index (χ2v) is 19.0. The maximum absolute atomic E-state index is 14.0. The van der Waals surface area contributed by atoms with Crippen molar-refractivity contribution in [2.75, 3.05) is 46.1 Å². The van der Waals surface area contributed by atoms with Crippen molar-refractivity contribution in [3.05, 3.63) is 131 Å². The van der Waals surface area contributed by atoms with Crippen molar-refractivity contribution in [1.82, 2.24) is 25.8 Å². The summed E-state index contributed by atoms with van der Waals surface area (Å²) >= 11 is 1.57. The summed E-state index contributed by atoms with van der Waals surface area (Å²) in [5.41, 5.74) is 8.96. The second-order valence-electron chi connectivity index (χ2n) is 18.2. The first kappa shape index (κ1) is 52.8. The summed E-state index contributed by atoms with van der Waals surface area (Å²) in [6, 6.07) is 27.9. The van der Waals surface area contributed by atoms with Crippen LogP contribution in [0.1, 0.15) is 81.3 Å². The van der Waals surface area contributed by atoms with Crippen LogP contribution in [0.15, 0.2) is 103 Å².